The van der Waals surface area contributed by atoms with Crippen molar-refractivity contribution in [3.05, 3.63) is 11.7 Å². The van der Waals surface area contributed by atoms with Gasteiger partial charge in [-0.05, 0) is 19.8 Å². The Bertz CT molecular complexity index is 327. The first-order valence-corrected chi connectivity index (χ1v) is 5.97. The minimum atomic E-state index is 0.161. The van der Waals surface area contributed by atoms with Crippen molar-refractivity contribution in [1.29, 1.82) is 0 Å². The zero-order chi connectivity index (χ0) is 11.4. The van der Waals surface area contributed by atoms with Gasteiger partial charge in [-0.15, -0.1) is 0 Å². The van der Waals surface area contributed by atoms with Gasteiger partial charge in [0.1, 0.15) is 6.61 Å². The predicted molar refractivity (Wildman–Crippen MR) is 58.8 cm³/mol. The number of rotatable bonds is 4. The fraction of sp³-hybridized carbons (Fsp3) is 0.818. The molecular weight excluding hydrogens is 206 g/mol. The number of hydrogen-bond acceptors (Lipinski definition) is 5. The number of nitrogens with two attached hydrogens (primary N) is 1. The number of nitrogens with zero attached hydrogens (tertiary/aromatic N) is 2. The Kier molecular flexibility index (Phi) is 3.90. The fourth-order valence-electron chi connectivity index (χ4n) is 2.14. The summed E-state index contributed by atoms with van der Waals surface area (Å²) >= 11 is 0. The third kappa shape index (κ3) is 2.59. The number of ether oxygens (including phenoxy) is 1. The van der Waals surface area contributed by atoms with Crippen LogP contribution in [0, 0.1) is 0 Å². The summed E-state index contributed by atoms with van der Waals surface area (Å²) in [7, 11) is 0. The highest BCUT2D eigenvalue weighted by molar-refractivity contribution is 5.00. The van der Waals surface area contributed by atoms with Crippen LogP contribution in [0.3, 0.4) is 0 Å². The molecule has 1 aromatic rings. The molecular formula is C11H19N3O2. The molecule has 1 aliphatic carbocycles. The van der Waals surface area contributed by atoms with Crippen LogP contribution in [-0.2, 0) is 11.3 Å². The van der Waals surface area contributed by atoms with Gasteiger partial charge in [0.25, 0.3) is 0 Å². The predicted octanol–water partition coefficient (Wildman–Crippen LogP) is 1.59. The second kappa shape index (κ2) is 5.41. The molecule has 5 nitrogen and oxygen atoms in total. The minimum Gasteiger partial charge on any atom is -0.374 e. The zero-order valence-corrected chi connectivity index (χ0v) is 9.69. The van der Waals surface area contributed by atoms with E-state index in [4.69, 9.17) is 15.0 Å². The summed E-state index contributed by atoms with van der Waals surface area (Å²) < 4.78 is 10.5. The summed E-state index contributed by atoms with van der Waals surface area (Å²) in [5.41, 5.74) is 6.06. The lowest BCUT2D eigenvalue weighted by Gasteiger charge is -2.25. The van der Waals surface area contributed by atoms with Crippen molar-refractivity contribution < 1.29 is 9.26 Å². The largest absolute Gasteiger partial charge is 0.374 e. The molecule has 2 unspecified atom stereocenters. The normalized spacial score (nSPS) is 25.9. The molecule has 5 heteroatoms. The van der Waals surface area contributed by atoms with Crippen molar-refractivity contribution in [3.8, 4) is 0 Å². The lowest BCUT2D eigenvalue weighted by atomic mass is 9.85. The van der Waals surface area contributed by atoms with Gasteiger partial charge in [0.2, 0.25) is 5.89 Å². The lowest BCUT2D eigenvalue weighted by molar-refractivity contribution is 0.126. The molecule has 1 fully saturated rings. The summed E-state index contributed by atoms with van der Waals surface area (Å²) in [5.74, 6) is 1.54. The van der Waals surface area contributed by atoms with Crippen molar-refractivity contribution >= 4 is 0 Å². The van der Waals surface area contributed by atoms with E-state index in [1.165, 1.54) is 12.8 Å². The molecule has 90 valence electrons. The molecule has 1 saturated carbocycles. The molecule has 0 saturated heterocycles. The Hall–Kier alpha value is -0.940. The van der Waals surface area contributed by atoms with E-state index in [-0.39, 0.29) is 12.0 Å². The van der Waals surface area contributed by atoms with Gasteiger partial charge in [0.15, 0.2) is 5.82 Å². The smallest absolute Gasteiger partial charge is 0.231 e. The third-order valence-corrected chi connectivity index (χ3v) is 3.06. The molecule has 2 atom stereocenters. The molecule has 2 rings (SSSR count). The average molecular weight is 225 g/mol. The Morgan fingerprint density at radius 3 is 3.00 bits per heavy atom. The quantitative estimate of drug-likeness (QED) is 0.842. The van der Waals surface area contributed by atoms with Crippen molar-refractivity contribution in [2.75, 3.05) is 6.61 Å². The van der Waals surface area contributed by atoms with Crippen LogP contribution in [0.2, 0.25) is 0 Å². The van der Waals surface area contributed by atoms with Crippen molar-refractivity contribution in [1.82, 2.24) is 10.1 Å². The van der Waals surface area contributed by atoms with Crippen molar-refractivity contribution in [3.63, 3.8) is 0 Å². The van der Waals surface area contributed by atoms with E-state index in [2.05, 4.69) is 10.1 Å². The lowest BCUT2D eigenvalue weighted by Crippen LogP contribution is -2.31. The van der Waals surface area contributed by atoms with E-state index in [0.717, 1.165) is 12.8 Å². The van der Waals surface area contributed by atoms with Crippen LogP contribution in [0.1, 0.15) is 50.2 Å². The molecule has 0 amide bonds. The number of hydrogen-bond donors (Lipinski definition) is 1. The highest BCUT2D eigenvalue weighted by atomic mass is 16.5. The molecule has 0 radical (unpaired) electrons. The highest BCUT2D eigenvalue weighted by Gasteiger charge is 2.28. The minimum absolute atomic E-state index is 0.161. The van der Waals surface area contributed by atoms with E-state index in [9.17, 15) is 0 Å². The maximum absolute atomic E-state index is 6.06. The number of aromatic nitrogens is 2. The van der Waals surface area contributed by atoms with Gasteiger partial charge in [0.05, 0.1) is 5.92 Å². The Balaban J connectivity index is 1.99. The topological polar surface area (TPSA) is 74.2 Å². The van der Waals surface area contributed by atoms with Gasteiger partial charge in [-0.3, -0.25) is 0 Å². The monoisotopic (exact) mass is 225 g/mol. The molecule has 0 aromatic carbocycles. The molecule has 2 N–H and O–H groups in total. The summed E-state index contributed by atoms with van der Waals surface area (Å²) in [5, 5.41) is 3.90. The van der Waals surface area contributed by atoms with Gasteiger partial charge in [0, 0.05) is 12.6 Å². The Morgan fingerprint density at radius 1 is 1.44 bits per heavy atom. The van der Waals surface area contributed by atoms with Crippen LogP contribution in [0.5, 0.6) is 0 Å². The third-order valence-electron chi connectivity index (χ3n) is 3.06. The van der Waals surface area contributed by atoms with E-state index < -0.39 is 0 Å². The standard InChI is InChI=1S/C11H19N3O2/c1-2-15-7-10-13-11(16-14-10)8-5-3-4-6-9(8)12/h8-9H,2-7,12H2,1H3. The molecule has 16 heavy (non-hydrogen) atoms. The first kappa shape index (κ1) is 11.5. The van der Waals surface area contributed by atoms with Gasteiger partial charge < -0.3 is 15.0 Å². The second-order valence-corrected chi connectivity index (χ2v) is 4.24. The Labute approximate surface area is 95.3 Å². The van der Waals surface area contributed by atoms with Crippen LogP contribution in [-0.4, -0.2) is 22.8 Å². The van der Waals surface area contributed by atoms with Crippen LogP contribution in [0.15, 0.2) is 4.52 Å². The summed E-state index contributed by atoms with van der Waals surface area (Å²) in [4.78, 5) is 4.34. The van der Waals surface area contributed by atoms with Gasteiger partial charge in [-0.2, -0.15) is 4.98 Å². The van der Waals surface area contributed by atoms with Crippen molar-refractivity contribution in [2.24, 2.45) is 5.73 Å². The van der Waals surface area contributed by atoms with E-state index in [0.29, 0.717) is 24.9 Å². The van der Waals surface area contributed by atoms with Crippen LogP contribution < -0.4 is 5.73 Å². The fourth-order valence-corrected chi connectivity index (χ4v) is 2.14. The molecule has 0 aliphatic heterocycles. The maximum Gasteiger partial charge on any atom is 0.231 e. The molecule has 0 spiro atoms. The SMILES string of the molecule is CCOCc1noc(C2CCCCC2N)n1. The maximum atomic E-state index is 6.06. The van der Waals surface area contributed by atoms with Crippen LogP contribution in [0.25, 0.3) is 0 Å². The highest BCUT2D eigenvalue weighted by Crippen LogP contribution is 2.30. The van der Waals surface area contributed by atoms with Gasteiger partial charge in [-0.1, -0.05) is 18.0 Å². The van der Waals surface area contributed by atoms with Crippen molar-refractivity contribution in [2.45, 2.75) is 51.2 Å². The van der Waals surface area contributed by atoms with Gasteiger partial charge in [-0.25, -0.2) is 0 Å². The summed E-state index contributed by atoms with van der Waals surface area (Å²) in [6, 6.07) is 0.161. The molecule has 1 aliphatic rings. The average Bonchev–Trinajstić information content (AvgIpc) is 2.75. The van der Waals surface area contributed by atoms with E-state index in [1.807, 2.05) is 6.92 Å². The summed E-state index contributed by atoms with van der Waals surface area (Å²) in [6.07, 6.45) is 4.50. The first-order valence-electron chi connectivity index (χ1n) is 5.97. The Morgan fingerprint density at radius 2 is 2.25 bits per heavy atom. The second-order valence-electron chi connectivity index (χ2n) is 4.24. The first-order chi connectivity index (χ1) is 7.81. The molecule has 1 aromatic heterocycles. The molecule has 1 heterocycles. The van der Waals surface area contributed by atoms with Crippen LogP contribution in [0.4, 0.5) is 0 Å². The van der Waals surface area contributed by atoms with E-state index in [1.54, 1.807) is 0 Å². The van der Waals surface area contributed by atoms with E-state index >= 15 is 0 Å². The zero-order valence-electron chi connectivity index (χ0n) is 9.69. The molecule has 0 bridgehead atoms. The summed E-state index contributed by atoms with van der Waals surface area (Å²) in [6.45, 7) is 3.02. The van der Waals surface area contributed by atoms with Gasteiger partial charge >= 0.3 is 0 Å². The van der Waals surface area contributed by atoms with Crippen LogP contribution >= 0.6 is 0 Å².